The maximum absolute atomic E-state index is 14.1. The molecule has 0 fully saturated rings. The third kappa shape index (κ3) is 3.01. The summed E-state index contributed by atoms with van der Waals surface area (Å²) >= 11 is 0. The van der Waals surface area contributed by atoms with Gasteiger partial charge in [-0.1, -0.05) is 33.8 Å². The predicted octanol–water partition coefficient (Wildman–Crippen LogP) is 2.87. The van der Waals surface area contributed by atoms with Crippen molar-refractivity contribution in [1.29, 1.82) is 0 Å². The second-order valence-electron chi connectivity index (χ2n) is 5.30. The van der Waals surface area contributed by atoms with Gasteiger partial charge in [-0.2, -0.15) is 0 Å². The molecule has 0 spiro atoms. The van der Waals surface area contributed by atoms with Crippen LogP contribution < -0.4 is 0 Å². The number of rotatable bonds is 7. The minimum Gasteiger partial charge on any atom is -0.396 e. The highest BCUT2D eigenvalue weighted by Crippen LogP contribution is 2.48. The fourth-order valence-electron chi connectivity index (χ4n) is 1.50. The molecule has 0 aromatic heterocycles. The average Bonchev–Trinajstić information content (AvgIpc) is 2.17. The maximum Gasteiger partial charge on any atom is 0.262 e. The van der Waals surface area contributed by atoms with Gasteiger partial charge in [0.1, 0.15) is 0 Å². The molecule has 0 aromatic rings. The molecule has 0 saturated heterocycles. The lowest BCUT2D eigenvalue weighted by atomic mass is 9.71. The first-order valence-corrected chi connectivity index (χ1v) is 5.30. The van der Waals surface area contributed by atoms with Gasteiger partial charge >= 0.3 is 0 Å². The van der Waals surface area contributed by atoms with Crippen LogP contribution in [0.4, 0.5) is 8.78 Å². The van der Waals surface area contributed by atoms with E-state index in [-0.39, 0.29) is 13.2 Å². The van der Waals surface area contributed by atoms with Crippen molar-refractivity contribution in [3.05, 3.63) is 12.7 Å². The summed E-state index contributed by atoms with van der Waals surface area (Å²) in [4.78, 5) is 0. The Bertz CT molecular complexity index is 235. The minimum absolute atomic E-state index is 0.0740. The number of halogens is 2. The van der Waals surface area contributed by atoms with Gasteiger partial charge in [-0.15, -0.1) is 6.58 Å². The number of ether oxygens (including phenoxy) is 1. The van der Waals surface area contributed by atoms with Gasteiger partial charge in [0.2, 0.25) is 0 Å². The average molecular weight is 236 g/mol. The maximum atomic E-state index is 14.1. The molecule has 16 heavy (non-hydrogen) atoms. The normalized spacial score (nSPS) is 13.9. The van der Waals surface area contributed by atoms with Crippen molar-refractivity contribution in [2.45, 2.75) is 33.6 Å². The third-order valence-electron chi connectivity index (χ3n) is 2.79. The molecule has 0 amide bonds. The molecule has 0 radical (unpaired) electrons. The summed E-state index contributed by atoms with van der Waals surface area (Å²) < 4.78 is 33.4. The molecule has 96 valence electrons. The predicted molar refractivity (Wildman–Crippen MR) is 60.6 cm³/mol. The molecular weight excluding hydrogens is 214 g/mol. The second-order valence-corrected chi connectivity index (χ2v) is 5.30. The molecule has 0 heterocycles. The van der Waals surface area contributed by atoms with Crippen molar-refractivity contribution < 1.29 is 18.6 Å². The van der Waals surface area contributed by atoms with Crippen LogP contribution in [0.25, 0.3) is 0 Å². The van der Waals surface area contributed by atoms with Crippen LogP contribution in [0.2, 0.25) is 0 Å². The van der Waals surface area contributed by atoms with Crippen LogP contribution in [0.1, 0.15) is 27.7 Å². The fraction of sp³-hybridized carbons (Fsp3) is 0.833. The Morgan fingerprint density at radius 1 is 1.19 bits per heavy atom. The van der Waals surface area contributed by atoms with Gasteiger partial charge in [-0.05, 0) is 0 Å². The van der Waals surface area contributed by atoms with E-state index in [0.717, 1.165) is 0 Å². The summed E-state index contributed by atoms with van der Waals surface area (Å²) in [5.74, 6) is -3.02. The van der Waals surface area contributed by atoms with Crippen LogP contribution in [-0.4, -0.2) is 30.8 Å². The zero-order valence-electron chi connectivity index (χ0n) is 10.5. The molecule has 4 heteroatoms. The third-order valence-corrected chi connectivity index (χ3v) is 2.79. The monoisotopic (exact) mass is 236 g/mol. The van der Waals surface area contributed by atoms with Crippen molar-refractivity contribution in [1.82, 2.24) is 0 Å². The first-order chi connectivity index (χ1) is 7.12. The van der Waals surface area contributed by atoms with Crippen molar-refractivity contribution >= 4 is 0 Å². The molecule has 2 nitrogen and oxygen atoms in total. The van der Waals surface area contributed by atoms with E-state index in [1.165, 1.54) is 33.8 Å². The van der Waals surface area contributed by atoms with Gasteiger partial charge < -0.3 is 9.84 Å². The fourth-order valence-corrected chi connectivity index (χ4v) is 1.50. The molecule has 0 rings (SSSR count). The van der Waals surface area contributed by atoms with Crippen molar-refractivity contribution in [2.24, 2.45) is 10.8 Å². The first-order valence-electron chi connectivity index (χ1n) is 5.30. The molecule has 0 aromatic carbocycles. The highest BCUT2D eigenvalue weighted by Gasteiger charge is 2.57. The summed E-state index contributed by atoms with van der Waals surface area (Å²) in [6.45, 7) is 8.64. The zero-order valence-corrected chi connectivity index (χ0v) is 10.5. The number of hydrogen-bond donors (Lipinski definition) is 1. The molecule has 0 aliphatic rings. The molecule has 0 saturated carbocycles. The van der Waals surface area contributed by atoms with E-state index < -0.39 is 23.4 Å². The number of alkyl halides is 2. The van der Waals surface area contributed by atoms with Gasteiger partial charge in [-0.3, -0.25) is 0 Å². The topological polar surface area (TPSA) is 29.5 Å². The van der Waals surface area contributed by atoms with Crippen molar-refractivity contribution in [3.8, 4) is 0 Å². The van der Waals surface area contributed by atoms with Crippen LogP contribution >= 0.6 is 0 Å². The number of hydrogen-bond acceptors (Lipinski definition) is 2. The quantitative estimate of drug-likeness (QED) is 0.544. The molecule has 0 atom stereocenters. The van der Waals surface area contributed by atoms with Crippen LogP contribution in [0, 0.1) is 10.8 Å². The van der Waals surface area contributed by atoms with Gasteiger partial charge in [0.05, 0.1) is 30.7 Å². The molecule has 0 unspecified atom stereocenters. The smallest absolute Gasteiger partial charge is 0.262 e. The zero-order chi connectivity index (χ0) is 13.0. The van der Waals surface area contributed by atoms with E-state index in [9.17, 15) is 8.78 Å². The van der Waals surface area contributed by atoms with Crippen LogP contribution in [0.15, 0.2) is 12.7 Å². The van der Waals surface area contributed by atoms with Gasteiger partial charge in [0.25, 0.3) is 5.92 Å². The first kappa shape index (κ1) is 15.5. The largest absolute Gasteiger partial charge is 0.396 e. The number of aliphatic hydroxyl groups excluding tert-OH is 1. The van der Waals surface area contributed by atoms with E-state index in [1.54, 1.807) is 0 Å². The lowest BCUT2D eigenvalue weighted by Gasteiger charge is -2.43. The molecule has 0 bridgehead atoms. The highest BCUT2D eigenvalue weighted by atomic mass is 19.3. The Morgan fingerprint density at radius 3 is 2.06 bits per heavy atom. The minimum atomic E-state index is -3.02. The van der Waals surface area contributed by atoms with E-state index in [1.807, 2.05) is 0 Å². The Hall–Kier alpha value is -0.480. The number of aliphatic hydroxyl groups is 1. The molecule has 1 N–H and O–H groups in total. The van der Waals surface area contributed by atoms with E-state index >= 15 is 0 Å². The van der Waals surface area contributed by atoms with Crippen LogP contribution in [0.5, 0.6) is 0 Å². The Kier molecular flexibility index (Phi) is 5.08. The van der Waals surface area contributed by atoms with Crippen molar-refractivity contribution in [2.75, 3.05) is 19.8 Å². The lowest BCUT2D eigenvalue weighted by molar-refractivity contribution is -0.213. The van der Waals surface area contributed by atoms with E-state index in [4.69, 9.17) is 9.84 Å². The molecular formula is C12H22F2O2. The lowest BCUT2D eigenvalue weighted by Crippen LogP contribution is -2.52. The Balaban J connectivity index is 4.76. The summed E-state index contributed by atoms with van der Waals surface area (Å²) in [6.07, 6.45) is 1.52. The van der Waals surface area contributed by atoms with E-state index in [2.05, 4.69) is 6.58 Å². The summed E-state index contributed by atoms with van der Waals surface area (Å²) in [5, 5.41) is 9.03. The summed E-state index contributed by atoms with van der Waals surface area (Å²) in [5.41, 5.74) is -2.80. The molecule has 0 aliphatic heterocycles. The van der Waals surface area contributed by atoms with Gasteiger partial charge in [0, 0.05) is 0 Å². The second kappa shape index (κ2) is 5.23. The highest BCUT2D eigenvalue weighted by molar-refractivity contribution is 4.96. The van der Waals surface area contributed by atoms with E-state index in [0.29, 0.717) is 0 Å². The van der Waals surface area contributed by atoms with Crippen LogP contribution in [0.3, 0.4) is 0 Å². The molecule has 0 aliphatic carbocycles. The van der Waals surface area contributed by atoms with Gasteiger partial charge in [0.15, 0.2) is 0 Å². The van der Waals surface area contributed by atoms with Crippen LogP contribution in [-0.2, 0) is 4.74 Å². The Morgan fingerprint density at radius 2 is 1.69 bits per heavy atom. The Labute approximate surface area is 96.3 Å². The summed E-state index contributed by atoms with van der Waals surface area (Å²) in [7, 11) is 0. The van der Waals surface area contributed by atoms with Gasteiger partial charge in [-0.25, -0.2) is 8.78 Å². The van der Waals surface area contributed by atoms with Crippen molar-refractivity contribution in [3.63, 3.8) is 0 Å². The summed E-state index contributed by atoms with van der Waals surface area (Å²) in [6, 6.07) is 0. The standard InChI is InChI=1S/C12H22F2O2/c1-6-7-16-9-11(4,5)12(13,14)10(2,3)8-15/h6,15H,1,7-9H2,2-5H3. The SMILES string of the molecule is C=CCOCC(C)(C)C(F)(F)C(C)(C)CO.